The quantitative estimate of drug-likeness (QED) is 0.248. The third-order valence-corrected chi connectivity index (χ3v) is 8.53. The lowest BCUT2D eigenvalue weighted by molar-refractivity contribution is -0.0371. The van der Waals surface area contributed by atoms with Gasteiger partial charge in [-0.1, -0.05) is 0 Å². The minimum atomic E-state index is -4.57. The predicted molar refractivity (Wildman–Crippen MR) is 160 cm³/mol. The minimum absolute atomic E-state index is 0.0430. The largest absolute Gasteiger partial charge is 0.443 e. The summed E-state index contributed by atoms with van der Waals surface area (Å²) in [6, 6.07) is 4.11. The Bertz CT molecular complexity index is 1870. The van der Waals surface area contributed by atoms with Gasteiger partial charge >= 0.3 is 6.09 Å². The number of benzene rings is 1. The van der Waals surface area contributed by atoms with Crippen LogP contribution in [0.2, 0.25) is 0 Å². The number of aromatic nitrogens is 4. The molecule has 0 saturated carbocycles. The van der Waals surface area contributed by atoms with Crippen molar-refractivity contribution in [1.29, 1.82) is 0 Å². The van der Waals surface area contributed by atoms with E-state index in [0.29, 0.717) is 28.9 Å². The molecule has 0 bridgehead atoms. The van der Waals surface area contributed by atoms with Gasteiger partial charge in [-0.05, 0) is 83.7 Å². The molecule has 0 aliphatic carbocycles. The Kier molecular flexibility index (Phi) is 8.77. The highest BCUT2D eigenvalue weighted by Crippen LogP contribution is 2.34. The molecule has 1 aliphatic rings. The first-order valence-electron chi connectivity index (χ1n) is 14.2. The van der Waals surface area contributed by atoms with Gasteiger partial charge in [0.25, 0.3) is 10.0 Å². The molecule has 1 amide bonds. The van der Waals surface area contributed by atoms with E-state index in [1.165, 1.54) is 13.1 Å². The van der Waals surface area contributed by atoms with E-state index in [-0.39, 0.29) is 18.5 Å². The third kappa shape index (κ3) is 6.88. The summed E-state index contributed by atoms with van der Waals surface area (Å²) in [4.78, 5) is 21.9. The average molecular weight is 647 g/mol. The Hall–Kier alpha value is -4.24. The molecule has 45 heavy (non-hydrogen) atoms. The molecule has 0 radical (unpaired) electrons. The summed E-state index contributed by atoms with van der Waals surface area (Å²) in [6.07, 6.45) is 3.67. The van der Waals surface area contributed by atoms with Crippen molar-refractivity contribution in [2.75, 3.05) is 16.2 Å². The number of aryl methyl sites for hydroxylation is 2. The molecule has 1 N–H and O–H groups in total. The second-order valence-electron chi connectivity index (χ2n) is 11.7. The van der Waals surface area contributed by atoms with E-state index in [1.807, 2.05) is 4.72 Å². The fourth-order valence-corrected chi connectivity index (χ4v) is 6.25. The summed E-state index contributed by atoms with van der Waals surface area (Å²) in [5.74, 6) is -3.47. The summed E-state index contributed by atoms with van der Waals surface area (Å²) in [5.41, 5.74) is -1.02. The van der Waals surface area contributed by atoms with Crippen molar-refractivity contribution in [2.24, 2.45) is 0 Å². The van der Waals surface area contributed by atoms with Crippen LogP contribution < -0.4 is 9.62 Å². The summed E-state index contributed by atoms with van der Waals surface area (Å²) >= 11 is 0. The van der Waals surface area contributed by atoms with Crippen LogP contribution in [0.4, 0.5) is 29.3 Å². The molecular weight excluding hydrogens is 613 g/mol. The highest BCUT2D eigenvalue weighted by molar-refractivity contribution is 7.92. The van der Waals surface area contributed by atoms with Crippen molar-refractivity contribution in [1.82, 2.24) is 19.7 Å². The van der Waals surface area contributed by atoms with Crippen LogP contribution in [-0.4, -0.2) is 46.5 Å². The highest BCUT2D eigenvalue weighted by Gasteiger charge is 2.31. The normalized spacial score (nSPS) is 15.7. The lowest BCUT2D eigenvalue weighted by Crippen LogP contribution is -2.37. The van der Waals surface area contributed by atoms with Crippen LogP contribution in [0.25, 0.3) is 11.0 Å². The van der Waals surface area contributed by atoms with Crippen LogP contribution in [0.1, 0.15) is 63.2 Å². The predicted octanol–water partition coefficient (Wildman–Crippen LogP) is 6.30. The molecule has 1 atom stereocenters. The number of amides is 1. The zero-order chi connectivity index (χ0) is 32.7. The number of anilines is 2. The number of sulfonamides is 1. The first-order chi connectivity index (χ1) is 21.1. The van der Waals surface area contributed by atoms with Crippen molar-refractivity contribution >= 4 is 38.5 Å². The van der Waals surface area contributed by atoms with Crippen LogP contribution >= 0.6 is 0 Å². The molecule has 0 spiro atoms. The van der Waals surface area contributed by atoms with Crippen molar-refractivity contribution < 1.29 is 35.9 Å². The molecule has 11 nitrogen and oxygen atoms in total. The number of hydrogen-bond acceptors (Lipinski definition) is 8. The van der Waals surface area contributed by atoms with E-state index in [9.17, 15) is 17.6 Å². The van der Waals surface area contributed by atoms with Crippen molar-refractivity contribution in [3.63, 3.8) is 0 Å². The average Bonchev–Trinajstić information content (AvgIpc) is 3.30. The fourth-order valence-electron chi connectivity index (χ4n) is 4.98. The van der Waals surface area contributed by atoms with E-state index >= 15 is 8.78 Å². The number of hydrogen-bond donors (Lipinski definition) is 1. The SMILES string of the molecule is Cc1ncc(F)cc1S(=O)(=O)Nc1ccc(F)c(N(Cc2cnc3c(c2)c(C)nn3C2CCCCO2)C(=O)OC(C)(C)C)c1F. The Balaban J connectivity index is 1.54. The summed E-state index contributed by atoms with van der Waals surface area (Å²) in [6.45, 7) is 8.13. The first kappa shape index (κ1) is 32.2. The summed E-state index contributed by atoms with van der Waals surface area (Å²) in [5, 5.41) is 5.26. The minimum Gasteiger partial charge on any atom is -0.443 e. The number of nitrogens with one attached hydrogen (secondary N) is 1. The first-order valence-corrected chi connectivity index (χ1v) is 15.7. The molecule has 3 aromatic heterocycles. The van der Waals surface area contributed by atoms with Crippen LogP contribution in [0.15, 0.2) is 41.6 Å². The molecule has 1 aromatic carbocycles. The number of pyridine rings is 2. The van der Waals surface area contributed by atoms with E-state index in [4.69, 9.17) is 9.47 Å². The zero-order valence-corrected chi connectivity index (χ0v) is 26.2. The molecular formula is C30H33F3N6O5S. The van der Waals surface area contributed by atoms with Gasteiger partial charge in [-0.15, -0.1) is 0 Å². The zero-order valence-electron chi connectivity index (χ0n) is 25.4. The smallest absolute Gasteiger partial charge is 0.415 e. The number of halogens is 3. The van der Waals surface area contributed by atoms with Gasteiger partial charge in [0.15, 0.2) is 17.7 Å². The standard InChI is InChI=1S/C30H33F3N6O5S/c1-17-21-12-19(14-35-28(21)39(36-17)25-8-6-7-11-43-25)16-38(29(40)44-30(3,4)5)27-22(32)9-10-23(26(27)33)37-45(41,42)24-13-20(31)15-34-18(24)2/h9-10,12-15,25,37H,6-8,11,16H2,1-5H3. The number of rotatable bonds is 7. The van der Waals surface area contributed by atoms with E-state index in [0.717, 1.165) is 48.6 Å². The molecule has 15 heteroatoms. The topological polar surface area (TPSA) is 129 Å². The maximum Gasteiger partial charge on any atom is 0.415 e. The van der Waals surface area contributed by atoms with E-state index in [2.05, 4.69) is 15.1 Å². The number of carbonyl (C=O) groups is 1. The molecule has 5 rings (SSSR count). The van der Waals surface area contributed by atoms with Gasteiger partial charge in [0.05, 0.1) is 29.8 Å². The Morgan fingerprint density at radius 1 is 1.11 bits per heavy atom. The van der Waals surface area contributed by atoms with Crippen molar-refractivity contribution in [3.8, 4) is 0 Å². The second-order valence-corrected chi connectivity index (χ2v) is 13.4. The molecule has 4 heterocycles. The van der Waals surface area contributed by atoms with Gasteiger partial charge in [-0.25, -0.2) is 36.0 Å². The lowest BCUT2D eigenvalue weighted by Gasteiger charge is -2.28. The Morgan fingerprint density at radius 2 is 1.87 bits per heavy atom. The van der Waals surface area contributed by atoms with E-state index < -0.39 is 55.4 Å². The van der Waals surface area contributed by atoms with E-state index in [1.54, 1.807) is 38.4 Å². The van der Waals surface area contributed by atoms with Crippen LogP contribution in [0.5, 0.6) is 0 Å². The summed E-state index contributed by atoms with van der Waals surface area (Å²) < 4.78 is 86.5. The van der Waals surface area contributed by atoms with Crippen LogP contribution in [-0.2, 0) is 26.0 Å². The molecule has 4 aromatic rings. The molecule has 1 aliphatic heterocycles. The van der Waals surface area contributed by atoms with Gasteiger partial charge in [-0.3, -0.25) is 14.6 Å². The third-order valence-electron chi connectivity index (χ3n) is 7.05. The molecule has 1 fully saturated rings. The Morgan fingerprint density at radius 3 is 2.56 bits per heavy atom. The van der Waals surface area contributed by atoms with Crippen molar-refractivity contribution in [3.05, 3.63) is 71.1 Å². The van der Waals surface area contributed by atoms with Gasteiger partial charge < -0.3 is 9.47 Å². The van der Waals surface area contributed by atoms with Gasteiger partial charge in [0.2, 0.25) is 0 Å². The molecule has 240 valence electrons. The maximum atomic E-state index is 16.1. The van der Waals surface area contributed by atoms with Gasteiger partial charge in [-0.2, -0.15) is 5.10 Å². The number of nitrogens with zero attached hydrogens (tertiary/aromatic N) is 5. The van der Waals surface area contributed by atoms with Crippen LogP contribution in [0, 0.1) is 31.3 Å². The number of carbonyl (C=O) groups excluding carboxylic acids is 1. The van der Waals surface area contributed by atoms with Gasteiger partial charge in [0.1, 0.15) is 27.8 Å². The van der Waals surface area contributed by atoms with Gasteiger partial charge in [0, 0.05) is 18.2 Å². The van der Waals surface area contributed by atoms with Crippen LogP contribution in [0.3, 0.4) is 0 Å². The van der Waals surface area contributed by atoms with Crippen molar-refractivity contribution in [2.45, 2.75) is 77.2 Å². The monoisotopic (exact) mass is 646 g/mol. The second kappa shape index (κ2) is 12.3. The Labute approximate surface area is 258 Å². The highest BCUT2D eigenvalue weighted by atomic mass is 32.2. The lowest BCUT2D eigenvalue weighted by atomic mass is 10.1. The molecule has 1 unspecified atom stereocenters. The molecule has 1 saturated heterocycles. The maximum absolute atomic E-state index is 16.1. The number of fused-ring (bicyclic) bond motifs is 1. The number of ether oxygens (including phenoxy) is 2. The summed E-state index contributed by atoms with van der Waals surface area (Å²) in [7, 11) is -4.57. The fraction of sp³-hybridized carbons (Fsp3) is 0.400.